The highest BCUT2D eigenvalue weighted by Crippen LogP contribution is 2.36. The maximum atomic E-state index is 4.80. The Morgan fingerprint density at radius 2 is 2.22 bits per heavy atom. The average Bonchev–Trinajstić information content (AvgIpc) is 3.23. The average molecular weight is 263 g/mol. The number of aryl methyl sites for hydroxylation is 1. The van der Waals surface area contributed by atoms with Crippen LogP contribution in [-0.2, 0) is 6.54 Å². The van der Waals surface area contributed by atoms with E-state index < -0.39 is 0 Å². The molecule has 98 valence electrons. The Bertz CT molecular complexity index is 412. The highest BCUT2D eigenvalue weighted by molar-refractivity contribution is 7.99. The lowest BCUT2D eigenvalue weighted by Gasteiger charge is -2.20. The lowest BCUT2D eigenvalue weighted by Crippen LogP contribution is -2.18. The Morgan fingerprint density at radius 1 is 1.33 bits per heavy atom. The zero-order chi connectivity index (χ0) is 12.4. The molecule has 1 aliphatic heterocycles. The minimum Gasteiger partial charge on any atom is -0.308 e. The number of aromatic nitrogens is 2. The van der Waals surface area contributed by atoms with Crippen molar-refractivity contribution in [2.24, 2.45) is 0 Å². The molecule has 1 N–H and O–H groups in total. The zero-order valence-electron chi connectivity index (χ0n) is 11.0. The third-order valence-electron chi connectivity index (χ3n) is 3.70. The first-order valence-electron chi connectivity index (χ1n) is 7.00. The van der Waals surface area contributed by atoms with E-state index in [0.29, 0.717) is 5.25 Å². The molecule has 1 atom stereocenters. The van der Waals surface area contributed by atoms with Crippen LogP contribution >= 0.6 is 11.8 Å². The van der Waals surface area contributed by atoms with Crippen molar-refractivity contribution in [2.75, 3.05) is 5.75 Å². The van der Waals surface area contributed by atoms with Gasteiger partial charge in [-0.05, 0) is 43.9 Å². The van der Waals surface area contributed by atoms with Gasteiger partial charge < -0.3 is 5.32 Å². The molecule has 1 aromatic rings. The van der Waals surface area contributed by atoms with Crippen molar-refractivity contribution >= 4 is 11.8 Å². The summed E-state index contributed by atoms with van der Waals surface area (Å²) in [6.07, 6.45) is 8.57. The third kappa shape index (κ3) is 3.04. The highest BCUT2D eigenvalue weighted by Gasteiger charge is 2.22. The summed E-state index contributed by atoms with van der Waals surface area (Å²) in [5.41, 5.74) is 2.41. The fourth-order valence-electron chi connectivity index (χ4n) is 2.30. The Hall–Kier alpha value is -0.610. The van der Waals surface area contributed by atoms with Crippen LogP contribution in [-0.4, -0.2) is 21.8 Å². The summed E-state index contributed by atoms with van der Waals surface area (Å²) < 4.78 is 0. The maximum Gasteiger partial charge on any atom is 0.141 e. The van der Waals surface area contributed by atoms with E-state index in [0.717, 1.165) is 18.4 Å². The predicted molar refractivity (Wildman–Crippen MR) is 75.7 cm³/mol. The molecule has 2 fully saturated rings. The smallest absolute Gasteiger partial charge is 0.141 e. The molecule has 4 heteroatoms. The molecule has 18 heavy (non-hydrogen) atoms. The molecule has 2 aliphatic rings. The van der Waals surface area contributed by atoms with Crippen molar-refractivity contribution in [2.45, 2.75) is 56.9 Å². The fraction of sp³-hybridized carbons (Fsp3) is 0.714. The number of nitrogens with one attached hydrogen (secondary N) is 1. The minimum atomic E-state index is 0.527. The predicted octanol–water partition coefficient (Wildman–Crippen LogP) is 3.00. The molecule has 0 aromatic carbocycles. The molecule has 1 unspecified atom stereocenters. The van der Waals surface area contributed by atoms with Crippen LogP contribution in [0, 0.1) is 6.92 Å². The van der Waals surface area contributed by atoms with Gasteiger partial charge in [-0.2, -0.15) is 11.8 Å². The van der Waals surface area contributed by atoms with Crippen LogP contribution in [0.1, 0.15) is 54.4 Å². The lowest BCUT2D eigenvalue weighted by molar-refractivity contribution is 0.637. The van der Waals surface area contributed by atoms with Crippen molar-refractivity contribution in [3.8, 4) is 0 Å². The van der Waals surface area contributed by atoms with Crippen LogP contribution < -0.4 is 5.32 Å². The van der Waals surface area contributed by atoms with Crippen molar-refractivity contribution in [1.29, 1.82) is 0 Å². The molecule has 0 spiro atoms. The summed E-state index contributed by atoms with van der Waals surface area (Å²) in [5.74, 6) is 2.32. The van der Waals surface area contributed by atoms with E-state index in [4.69, 9.17) is 4.98 Å². The van der Waals surface area contributed by atoms with E-state index in [1.165, 1.54) is 49.1 Å². The van der Waals surface area contributed by atoms with Crippen molar-refractivity contribution in [3.05, 3.63) is 23.3 Å². The van der Waals surface area contributed by atoms with Gasteiger partial charge in [0.15, 0.2) is 0 Å². The van der Waals surface area contributed by atoms with Crippen LogP contribution in [0.2, 0.25) is 0 Å². The molecule has 0 bridgehead atoms. The minimum absolute atomic E-state index is 0.527. The van der Waals surface area contributed by atoms with E-state index in [2.05, 4.69) is 17.2 Å². The van der Waals surface area contributed by atoms with Gasteiger partial charge in [-0.15, -0.1) is 0 Å². The van der Waals surface area contributed by atoms with E-state index in [9.17, 15) is 0 Å². The van der Waals surface area contributed by atoms with Crippen LogP contribution in [0.3, 0.4) is 0 Å². The number of hydrogen-bond acceptors (Lipinski definition) is 4. The Kier molecular flexibility index (Phi) is 3.85. The first-order valence-corrected chi connectivity index (χ1v) is 8.05. The number of hydrogen-bond donors (Lipinski definition) is 1. The molecule has 1 aliphatic carbocycles. The van der Waals surface area contributed by atoms with Gasteiger partial charge in [-0.3, -0.25) is 0 Å². The van der Waals surface area contributed by atoms with Crippen molar-refractivity contribution < 1.29 is 0 Å². The molecule has 3 nitrogen and oxygen atoms in total. The quantitative estimate of drug-likeness (QED) is 0.906. The summed E-state index contributed by atoms with van der Waals surface area (Å²) in [6, 6.07) is 0.742. The van der Waals surface area contributed by atoms with E-state index in [1.807, 2.05) is 18.0 Å². The molecular weight excluding hydrogens is 242 g/mol. The van der Waals surface area contributed by atoms with Gasteiger partial charge in [0.1, 0.15) is 5.82 Å². The standard InChI is InChI=1S/C14H21N3S/c1-10-8-16-14(13-4-2-3-7-18-13)17-12(10)9-15-11-5-6-11/h8,11,13,15H,2-7,9H2,1H3. The van der Waals surface area contributed by atoms with Crippen molar-refractivity contribution in [1.82, 2.24) is 15.3 Å². The summed E-state index contributed by atoms with van der Waals surface area (Å²) in [5, 5.41) is 4.07. The van der Waals surface area contributed by atoms with Gasteiger partial charge >= 0.3 is 0 Å². The van der Waals surface area contributed by atoms with Gasteiger partial charge in [-0.1, -0.05) is 6.42 Å². The molecule has 2 heterocycles. The van der Waals surface area contributed by atoms with Gasteiger partial charge in [0.25, 0.3) is 0 Å². The van der Waals surface area contributed by atoms with E-state index in [-0.39, 0.29) is 0 Å². The first kappa shape index (κ1) is 12.4. The number of nitrogens with zero attached hydrogens (tertiary/aromatic N) is 2. The highest BCUT2D eigenvalue weighted by atomic mass is 32.2. The lowest BCUT2D eigenvalue weighted by atomic mass is 10.1. The van der Waals surface area contributed by atoms with E-state index in [1.54, 1.807) is 0 Å². The van der Waals surface area contributed by atoms with Crippen LogP contribution in [0.5, 0.6) is 0 Å². The first-order chi connectivity index (χ1) is 8.83. The zero-order valence-corrected chi connectivity index (χ0v) is 11.8. The molecule has 3 rings (SSSR count). The fourth-order valence-corrected chi connectivity index (χ4v) is 3.55. The van der Waals surface area contributed by atoms with Crippen LogP contribution in [0.25, 0.3) is 0 Å². The van der Waals surface area contributed by atoms with Gasteiger partial charge in [0.2, 0.25) is 0 Å². The topological polar surface area (TPSA) is 37.8 Å². The van der Waals surface area contributed by atoms with E-state index >= 15 is 0 Å². The summed E-state index contributed by atoms with van der Waals surface area (Å²) in [4.78, 5) is 9.35. The molecule has 1 saturated carbocycles. The molecular formula is C14H21N3S. The Labute approximate surface area is 113 Å². The van der Waals surface area contributed by atoms with Crippen LogP contribution in [0.15, 0.2) is 6.20 Å². The maximum absolute atomic E-state index is 4.80. The number of thioether (sulfide) groups is 1. The Morgan fingerprint density at radius 3 is 2.94 bits per heavy atom. The van der Waals surface area contributed by atoms with Gasteiger partial charge in [0.05, 0.1) is 10.9 Å². The van der Waals surface area contributed by atoms with Gasteiger partial charge in [0, 0.05) is 18.8 Å². The normalized spacial score (nSPS) is 24.2. The molecule has 1 saturated heterocycles. The second kappa shape index (κ2) is 5.57. The molecule has 0 radical (unpaired) electrons. The molecule has 1 aromatic heterocycles. The molecule has 0 amide bonds. The van der Waals surface area contributed by atoms with Crippen LogP contribution in [0.4, 0.5) is 0 Å². The Balaban J connectivity index is 1.71. The second-order valence-corrected chi connectivity index (χ2v) is 6.68. The summed E-state index contributed by atoms with van der Waals surface area (Å²) in [6.45, 7) is 3.02. The largest absolute Gasteiger partial charge is 0.308 e. The second-order valence-electron chi connectivity index (χ2n) is 5.37. The third-order valence-corrected chi connectivity index (χ3v) is 5.07. The summed E-state index contributed by atoms with van der Waals surface area (Å²) in [7, 11) is 0. The SMILES string of the molecule is Cc1cnc(C2CCCCS2)nc1CNC1CC1. The van der Waals surface area contributed by atoms with Crippen molar-refractivity contribution in [3.63, 3.8) is 0 Å². The van der Waals surface area contributed by atoms with Gasteiger partial charge in [-0.25, -0.2) is 9.97 Å². The number of rotatable bonds is 4. The summed E-state index contributed by atoms with van der Waals surface area (Å²) >= 11 is 2.02. The monoisotopic (exact) mass is 263 g/mol.